The number of aliphatic hydroxyl groups is 1. The number of benzene rings is 6. The number of fused-ring (bicyclic) bond motifs is 4. The van der Waals surface area contributed by atoms with Crippen LogP contribution in [-0.4, -0.2) is 53.2 Å². The Bertz CT molecular complexity index is 3450. The molecule has 6 aromatic carbocycles. The van der Waals surface area contributed by atoms with Crippen molar-refractivity contribution in [1.82, 2.24) is 29.1 Å². The van der Waals surface area contributed by atoms with Gasteiger partial charge in [0.2, 0.25) is 11.2 Å². The maximum Gasteiger partial charge on any atom is 0.424 e. The normalized spacial score (nSPS) is 15.6. The molecule has 4 aromatic heterocycles. The molecular formula is C50H34F6N8O2. The van der Waals surface area contributed by atoms with Crippen LogP contribution in [0.15, 0.2) is 170 Å². The van der Waals surface area contributed by atoms with Crippen molar-refractivity contribution in [1.29, 1.82) is 10.5 Å². The number of hydrogen-bond donors (Lipinski definition) is 2. The molecule has 2 unspecified atom stereocenters. The third-order valence-electron chi connectivity index (χ3n) is 11.5. The summed E-state index contributed by atoms with van der Waals surface area (Å²) >= 11 is 0. The van der Waals surface area contributed by atoms with Crippen LogP contribution in [0.5, 0.6) is 0 Å². The van der Waals surface area contributed by atoms with Crippen LogP contribution in [0.1, 0.15) is 22.3 Å². The Morgan fingerprint density at radius 2 is 1.20 bits per heavy atom. The van der Waals surface area contributed by atoms with E-state index in [9.17, 15) is 36.7 Å². The molecule has 1 aliphatic rings. The second-order valence-electron chi connectivity index (χ2n) is 15.5. The largest absolute Gasteiger partial charge is 0.424 e. The molecule has 328 valence electrons. The summed E-state index contributed by atoms with van der Waals surface area (Å²) in [5.74, 6) is 0. The lowest BCUT2D eigenvalue weighted by molar-refractivity contribution is -0.271. The van der Waals surface area contributed by atoms with Gasteiger partial charge >= 0.3 is 12.4 Å². The Morgan fingerprint density at radius 3 is 1.77 bits per heavy atom. The van der Waals surface area contributed by atoms with Crippen LogP contribution in [0.25, 0.3) is 55.0 Å². The van der Waals surface area contributed by atoms with Crippen molar-refractivity contribution in [2.45, 2.75) is 30.1 Å². The smallest absolute Gasteiger partial charge is 0.375 e. The third kappa shape index (κ3) is 7.78. The lowest BCUT2D eigenvalue weighted by Gasteiger charge is -2.31. The number of aromatic nitrogens is 6. The van der Waals surface area contributed by atoms with Crippen molar-refractivity contribution in [3.63, 3.8) is 0 Å². The lowest BCUT2D eigenvalue weighted by atomic mass is 9.91. The molecule has 2 atom stereocenters. The van der Waals surface area contributed by atoms with Crippen molar-refractivity contribution < 1.29 is 36.2 Å². The fourth-order valence-corrected chi connectivity index (χ4v) is 7.91. The fourth-order valence-electron chi connectivity index (χ4n) is 7.91. The lowest BCUT2D eigenvalue weighted by Crippen LogP contribution is -2.45. The van der Waals surface area contributed by atoms with Gasteiger partial charge < -0.3 is 19.4 Å². The fraction of sp³-hybridized carbons (Fsp3) is 0.120. The second kappa shape index (κ2) is 16.7. The molecule has 1 aliphatic heterocycles. The standard InChI is InChI=1S/C25H17F3N4O.C16H11F3N2O.C9H6N2/c26-25(27,28)24(33,16-31-15-18(13-29)21-8-4-5-9-23(21)31)19-10-11-22-17(12-19)14-30-32(22)20-6-2-1-3-7-20;17-16(18,19)15(10-22-15)12-6-7-14-11(8-12)9-20-21(14)13-4-2-1-3-5-13;10-5-7-6-11-9-4-2-1-3-8(7)9/h1-12,14-15,33H,16H2;1-9H,10H2;1-4,6,11H. The number of nitrogens with zero attached hydrogens (tertiary/aromatic N) is 7. The molecule has 0 spiro atoms. The van der Waals surface area contributed by atoms with Crippen molar-refractivity contribution in [2.75, 3.05) is 6.61 Å². The van der Waals surface area contributed by atoms with Gasteiger partial charge in [-0.05, 0) is 71.8 Å². The van der Waals surface area contributed by atoms with E-state index in [0.717, 1.165) is 27.8 Å². The number of rotatable bonds is 6. The Hall–Kier alpha value is -8.18. The van der Waals surface area contributed by atoms with E-state index in [1.807, 2.05) is 91.0 Å². The molecule has 5 heterocycles. The predicted molar refractivity (Wildman–Crippen MR) is 235 cm³/mol. The van der Waals surface area contributed by atoms with Gasteiger partial charge in [-0.15, -0.1) is 0 Å². The number of hydrogen-bond acceptors (Lipinski definition) is 6. The van der Waals surface area contributed by atoms with E-state index in [0.29, 0.717) is 32.8 Å². The summed E-state index contributed by atoms with van der Waals surface area (Å²) in [6.45, 7) is -1.12. The first-order chi connectivity index (χ1) is 31.7. The minimum absolute atomic E-state index is 0.125. The SMILES string of the molecule is FC(F)(F)C1(c2ccc3c(cnn3-c3ccccc3)c2)CO1.N#Cc1c[nH]c2ccccc12.N#Cc1cn(CC(O)(c2ccc3c(cnn3-c3ccccc3)c2)C(F)(F)F)c2ccccc12. The van der Waals surface area contributed by atoms with Crippen LogP contribution in [0, 0.1) is 22.7 Å². The second-order valence-corrected chi connectivity index (χ2v) is 15.5. The first kappa shape index (κ1) is 43.1. The first-order valence-corrected chi connectivity index (χ1v) is 20.3. The molecule has 66 heavy (non-hydrogen) atoms. The summed E-state index contributed by atoms with van der Waals surface area (Å²) in [6, 6.07) is 46.0. The number of epoxide rings is 1. The van der Waals surface area contributed by atoms with E-state index < -0.39 is 30.1 Å². The van der Waals surface area contributed by atoms with E-state index in [4.69, 9.17) is 10.00 Å². The molecule has 1 fully saturated rings. The summed E-state index contributed by atoms with van der Waals surface area (Å²) in [5.41, 5.74) is -0.0746. The summed E-state index contributed by atoms with van der Waals surface area (Å²) in [4.78, 5) is 3.02. The molecule has 0 radical (unpaired) electrons. The first-order valence-electron chi connectivity index (χ1n) is 20.3. The Labute approximate surface area is 371 Å². The van der Waals surface area contributed by atoms with Crippen LogP contribution in [0.2, 0.25) is 0 Å². The third-order valence-corrected chi connectivity index (χ3v) is 11.5. The molecule has 0 aliphatic carbocycles. The number of alkyl halides is 6. The van der Waals surface area contributed by atoms with Crippen molar-refractivity contribution >= 4 is 43.6 Å². The van der Waals surface area contributed by atoms with Crippen molar-refractivity contribution in [2.24, 2.45) is 0 Å². The van der Waals surface area contributed by atoms with E-state index in [2.05, 4.69) is 21.3 Å². The topological polar surface area (TPSA) is 137 Å². The Morgan fingerprint density at radius 1 is 0.652 bits per heavy atom. The van der Waals surface area contributed by atoms with E-state index in [1.54, 1.807) is 52.1 Å². The van der Waals surface area contributed by atoms with E-state index in [1.165, 1.54) is 47.3 Å². The van der Waals surface area contributed by atoms with Gasteiger partial charge in [0.1, 0.15) is 12.1 Å². The molecular weight excluding hydrogens is 859 g/mol. The highest BCUT2D eigenvalue weighted by Crippen LogP contribution is 2.52. The Kier molecular flexibility index (Phi) is 10.9. The molecule has 10 nitrogen and oxygen atoms in total. The number of para-hydroxylation sites is 4. The van der Waals surface area contributed by atoms with Gasteiger partial charge in [-0.2, -0.15) is 47.1 Å². The quantitative estimate of drug-likeness (QED) is 0.126. The van der Waals surface area contributed by atoms with Gasteiger partial charge in [-0.25, -0.2) is 9.36 Å². The zero-order chi connectivity index (χ0) is 46.3. The van der Waals surface area contributed by atoms with Crippen LogP contribution in [0.4, 0.5) is 26.3 Å². The monoisotopic (exact) mass is 892 g/mol. The number of halogens is 6. The summed E-state index contributed by atoms with van der Waals surface area (Å²) in [5, 5.41) is 40.3. The van der Waals surface area contributed by atoms with Crippen LogP contribution >= 0.6 is 0 Å². The maximum absolute atomic E-state index is 14.3. The average Bonchev–Trinajstić information content (AvgIpc) is 3.58. The number of ether oxygens (including phenoxy) is 1. The minimum Gasteiger partial charge on any atom is -0.375 e. The highest BCUT2D eigenvalue weighted by atomic mass is 19.4. The molecule has 0 saturated carbocycles. The van der Waals surface area contributed by atoms with Crippen molar-refractivity contribution in [3.8, 4) is 23.5 Å². The highest BCUT2D eigenvalue weighted by molar-refractivity contribution is 5.87. The minimum atomic E-state index is -4.96. The maximum atomic E-state index is 14.3. The summed E-state index contributed by atoms with van der Waals surface area (Å²) < 4.78 is 91.5. The molecule has 11 rings (SSSR count). The van der Waals surface area contributed by atoms with Gasteiger partial charge in [0.25, 0.3) is 0 Å². The zero-order valence-electron chi connectivity index (χ0n) is 34.3. The molecule has 0 amide bonds. The van der Waals surface area contributed by atoms with Crippen molar-refractivity contribution in [3.05, 3.63) is 193 Å². The van der Waals surface area contributed by atoms with Crippen LogP contribution in [-0.2, 0) is 22.5 Å². The molecule has 0 bridgehead atoms. The van der Waals surface area contributed by atoms with E-state index >= 15 is 0 Å². The molecule has 2 N–H and O–H groups in total. The molecule has 16 heteroatoms. The zero-order valence-corrected chi connectivity index (χ0v) is 34.3. The molecule has 1 saturated heterocycles. The van der Waals surface area contributed by atoms with Gasteiger partial charge in [-0.3, -0.25) is 0 Å². The van der Waals surface area contributed by atoms with Crippen LogP contribution < -0.4 is 0 Å². The predicted octanol–water partition coefficient (Wildman–Crippen LogP) is 11.2. The average molecular weight is 893 g/mol. The number of aromatic amines is 1. The van der Waals surface area contributed by atoms with Gasteiger partial charge in [0.05, 0.1) is 59.1 Å². The highest BCUT2D eigenvalue weighted by Gasteiger charge is 2.67. The summed E-state index contributed by atoms with van der Waals surface area (Å²) in [7, 11) is 0. The number of nitrogens with one attached hydrogen (secondary N) is 1. The van der Waals surface area contributed by atoms with E-state index in [-0.39, 0.29) is 23.3 Å². The van der Waals surface area contributed by atoms with Gasteiger partial charge in [0.15, 0.2) is 0 Å². The Balaban J connectivity index is 0.000000141. The van der Waals surface area contributed by atoms with Gasteiger partial charge in [0, 0.05) is 45.0 Å². The summed E-state index contributed by atoms with van der Waals surface area (Å²) in [6.07, 6.45) is -3.26. The van der Waals surface area contributed by atoms with Gasteiger partial charge in [-0.1, -0.05) is 84.9 Å². The number of nitriles is 2. The number of H-pyrrole nitrogens is 1. The van der Waals surface area contributed by atoms with Crippen LogP contribution in [0.3, 0.4) is 0 Å². The molecule has 10 aromatic rings.